The zero-order valence-corrected chi connectivity index (χ0v) is 13.3. The molecule has 5 heteroatoms. The molecule has 0 fully saturated rings. The standard InChI is InChI=1S/C15H21Cl2NO2/c1-10(2)7-11(5-6-19)9-18-15(20)13-8-12(16)3-4-14(13)17/h3-4,8,10-11,19H,5-7,9H2,1-2H3,(H,18,20). The molecule has 0 spiro atoms. The number of benzene rings is 1. The molecule has 20 heavy (non-hydrogen) atoms. The number of halogens is 2. The highest BCUT2D eigenvalue weighted by atomic mass is 35.5. The molecule has 2 N–H and O–H groups in total. The molecule has 0 bridgehead atoms. The largest absolute Gasteiger partial charge is 0.396 e. The van der Waals surface area contributed by atoms with Crippen LogP contribution in [0.1, 0.15) is 37.0 Å². The minimum Gasteiger partial charge on any atom is -0.396 e. The van der Waals surface area contributed by atoms with E-state index in [9.17, 15) is 4.79 Å². The number of nitrogens with one attached hydrogen (secondary N) is 1. The van der Waals surface area contributed by atoms with Gasteiger partial charge in [-0.05, 0) is 42.9 Å². The Labute approximate surface area is 130 Å². The van der Waals surface area contributed by atoms with Gasteiger partial charge in [-0.25, -0.2) is 0 Å². The first kappa shape index (κ1) is 17.3. The van der Waals surface area contributed by atoms with Crippen LogP contribution in [0, 0.1) is 11.8 Å². The fraction of sp³-hybridized carbons (Fsp3) is 0.533. The third-order valence-electron chi connectivity index (χ3n) is 3.07. The maximum Gasteiger partial charge on any atom is 0.252 e. The van der Waals surface area contributed by atoms with Crippen molar-refractivity contribution in [2.75, 3.05) is 13.2 Å². The molecular formula is C15H21Cl2NO2. The minimum absolute atomic E-state index is 0.130. The van der Waals surface area contributed by atoms with Gasteiger partial charge in [-0.2, -0.15) is 0 Å². The smallest absolute Gasteiger partial charge is 0.252 e. The lowest BCUT2D eigenvalue weighted by molar-refractivity contribution is 0.0941. The van der Waals surface area contributed by atoms with E-state index in [0.29, 0.717) is 34.5 Å². The van der Waals surface area contributed by atoms with Gasteiger partial charge in [0.15, 0.2) is 0 Å². The molecule has 0 aliphatic carbocycles. The summed E-state index contributed by atoms with van der Waals surface area (Å²) in [5, 5.41) is 12.8. The normalized spacial score (nSPS) is 12.5. The van der Waals surface area contributed by atoms with Crippen molar-refractivity contribution in [3.05, 3.63) is 33.8 Å². The first-order valence-electron chi connectivity index (χ1n) is 6.78. The third kappa shape index (κ3) is 5.70. The van der Waals surface area contributed by atoms with Gasteiger partial charge in [0, 0.05) is 18.2 Å². The quantitative estimate of drug-likeness (QED) is 0.804. The second-order valence-electron chi connectivity index (χ2n) is 5.34. The molecule has 0 aliphatic rings. The van der Waals surface area contributed by atoms with E-state index in [4.69, 9.17) is 28.3 Å². The zero-order valence-electron chi connectivity index (χ0n) is 11.8. The molecule has 0 aromatic heterocycles. The lowest BCUT2D eigenvalue weighted by Gasteiger charge is -2.18. The molecule has 1 amide bonds. The Morgan fingerprint density at radius 3 is 2.65 bits per heavy atom. The molecule has 1 atom stereocenters. The molecule has 0 aliphatic heterocycles. The molecule has 1 rings (SSSR count). The van der Waals surface area contributed by atoms with Gasteiger partial charge < -0.3 is 10.4 Å². The highest BCUT2D eigenvalue weighted by Gasteiger charge is 2.15. The minimum atomic E-state index is -0.232. The van der Waals surface area contributed by atoms with Crippen LogP contribution in [-0.4, -0.2) is 24.2 Å². The van der Waals surface area contributed by atoms with Crippen molar-refractivity contribution in [1.82, 2.24) is 5.32 Å². The van der Waals surface area contributed by atoms with Gasteiger partial charge in [0.1, 0.15) is 0 Å². The first-order valence-corrected chi connectivity index (χ1v) is 7.53. The van der Waals surface area contributed by atoms with Crippen LogP contribution in [0.5, 0.6) is 0 Å². The van der Waals surface area contributed by atoms with E-state index in [2.05, 4.69) is 19.2 Å². The van der Waals surface area contributed by atoms with E-state index in [1.807, 2.05) is 0 Å². The predicted octanol–water partition coefficient (Wildman–Crippen LogP) is 3.77. The second kappa shape index (κ2) is 8.50. The third-order valence-corrected chi connectivity index (χ3v) is 3.63. The fourth-order valence-corrected chi connectivity index (χ4v) is 2.53. The van der Waals surface area contributed by atoms with Crippen LogP contribution in [-0.2, 0) is 0 Å². The highest BCUT2D eigenvalue weighted by Crippen LogP contribution is 2.21. The van der Waals surface area contributed by atoms with Crippen molar-refractivity contribution in [1.29, 1.82) is 0 Å². The van der Waals surface area contributed by atoms with Crippen LogP contribution < -0.4 is 5.32 Å². The summed E-state index contributed by atoms with van der Waals surface area (Å²) in [5.41, 5.74) is 0.381. The molecular weight excluding hydrogens is 297 g/mol. The Morgan fingerprint density at radius 2 is 2.05 bits per heavy atom. The maximum atomic E-state index is 12.1. The number of aliphatic hydroxyl groups is 1. The Morgan fingerprint density at radius 1 is 1.35 bits per heavy atom. The summed E-state index contributed by atoms with van der Waals surface area (Å²) < 4.78 is 0. The highest BCUT2D eigenvalue weighted by molar-refractivity contribution is 6.35. The van der Waals surface area contributed by atoms with Crippen LogP contribution in [0.2, 0.25) is 10.0 Å². The predicted molar refractivity (Wildman–Crippen MR) is 83.4 cm³/mol. The molecule has 1 aromatic carbocycles. The summed E-state index contributed by atoms with van der Waals surface area (Å²) >= 11 is 11.9. The van der Waals surface area contributed by atoms with Crippen LogP contribution >= 0.6 is 23.2 Å². The Kier molecular flexibility index (Phi) is 7.35. The van der Waals surface area contributed by atoms with Gasteiger partial charge >= 0.3 is 0 Å². The summed E-state index contributed by atoms with van der Waals surface area (Å²) in [4.78, 5) is 12.1. The molecule has 0 radical (unpaired) electrons. The summed E-state index contributed by atoms with van der Waals surface area (Å²) in [5.74, 6) is 0.560. The molecule has 112 valence electrons. The number of amides is 1. The molecule has 1 aromatic rings. The zero-order chi connectivity index (χ0) is 15.1. The van der Waals surface area contributed by atoms with Crippen LogP contribution in [0.15, 0.2) is 18.2 Å². The van der Waals surface area contributed by atoms with E-state index in [0.717, 1.165) is 6.42 Å². The molecule has 3 nitrogen and oxygen atoms in total. The maximum absolute atomic E-state index is 12.1. The molecule has 0 heterocycles. The van der Waals surface area contributed by atoms with Gasteiger partial charge in [0.05, 0.1) is 10.6 Å². The van der Waals surface area contributed by atoms with Crippen molar-refractivity contribution < 1.29 is 9.90 Å². The Balaban J connectivity index is 2.62. The number of hydrogen-bond acceptors (Lipinski definition) is 2. The van der Waals surface area contributed by atoms with Crippen molar-refractivity contribution in [2.45, 2.75) is 26.7 Å². The molecule has 0 saturated heterocycles. The number of carbonyl (C=O) groups excluding carboxylic acids is 1. The van der Waals surface area contributed by atoms with Gasteiger partial charge in [-0.15, -0.1) is 0 Å². The van der Waals surface area contributed by atoms with Crippen molar-refractivity contribution >= 4 is 29.1 Å². The molecule has 0 saturated carbocycles. The van der Waals surface area contributed by atoms with Crippen molar-refractivity contribution in [3.8, 4) is 0 Å². The van der Waals surface area contributed by atoms with E-state index in [1.54, 1.807) is 18.2 Å². The van der Waals surface area contributed by atoms with E-state index in [-0.39, 0.29) is 18.4 Å². The van der Waals surface area contributed by atoms with Crippen molar-refractivity contribution in [2.24, 2.45) is 11.8 Å². The van der Waals surface area contributed by atoms with E-state index in [1.165, 1.54) is 0 Å². The van der Waals surface area contributed by atoms with E-state index < -0.39 is 0 Å². The summed E-state index contributed by atoms with van der Waals surface area (Å²) in [6.45, 7) is 4.91. The number of aliphatic hydroxyl groups excluding tert-OH is 1. The monoisotopic (exact) mass is 317 g/mol. The molecule has 1 unspecified atom stereocenters. The Bertz CT molecular complexity index is 449. The van der Waals surface area contributed by atoms with Gasteiger partial charge in [-0.3, -0.25) is 4.79 Å². The van der Waals surface area contributed by atoms with Crippen molar-refractivity contribution in [3.63, 3.8) is 0 Å². The second-order valence-corrected chi connectivity index (χ2v) is 6.19. The van der Waals surface area contributed by atoms with E-state index >= 15 is 0 Å². The summed E-state index contributed by atoms with van der Waals surface area (Å²) in [6, 6.07) is 4.81. The van der Waals surface area contributed by atoms with Crippen LogP contribution in [0.3, 0.4) is 0 Å². The summed E-state index contributed by atoms with van der Waals surface area (Å²) in [6.07, 6.45) is 1.64. The number of hydrogen-bond donors (Lipinski definition) is 2. The average molecular weight is 318 g/mol. The average Bonchev–Trinajstić information content (AvgIpc) is 2.38. The SMILES string of the molecule is CC(C)CC(CCO)CNC(=O)c1cc(Cl)ccc1Cl. The van der Waals surface area contributed by atoms with Crippen LogP contribution in [0.4, 0.5) is 0 Å². The van der Waals surface area contributed by atoms with Gasteiger partial charge in [-0.1, -0.05) is 37.0 Å². The summed E-state index contributed by atoms with van der Waals surface area (Å²) in [7, 11) is 0. The number of carbonyl (C=O) groups is 1. The topological polar surface area (TPSA) is 49.3 Å². The van der Waals surface area contributed by atoms with Gasteiger partial charge in [0.2, 0.25) is 0 Å². The van der Waals surface area contributed by atoms with Gasteiger partial charge in [0.25, 0.3) is 5.91 Å². The van der Waals surface area contributed by atoms with Crippen LogP contribution in [0.25, 0.3) is 0 Å². The lowest BCUT2D eigenvalue weighted by atomic mass is 9.94. The number of rotatable bonds is 7. The Hall–Kier alpha value is -0.770. The lowest BCUT2D eigenvalue weighted by Crippen LogP contribution is -2.30. The first-order chi connectivity index (χ1) is 9.43. The fourth-order valence-electron chi connectivity index (χ4n) is 2.16.